The van der Waals surface area contributed by atoms with Crippen molar-refractivity contribution in [3.05, 3.63) is 29.8 Å². The molecule has 0 amide bonds. The highest BCUT2D eigenvalue weighted by atomic mass is 16.5. The van der Waals surface area contributed by atoms with E-state index in [0.717, 1.165) is 0 Å². The molecule has 1 aromatic rings. The predicted molar refractivity (Wildman–Crippen MR) is 63.7 cm³/mol. The van der Waals surface area contributed by atoms with Crippen LogP contribution in [-0.4, -0.2) is 30.4 Å². The first-order chi connectivity index (χ1) is 8.29. The van der Waals surface area contributed by atoms with Gasteiger partial charge in [-0.25, -0.2) is 0 Å². The fourth-order valence-corrected chi connectivity index (χ4v) is 1.52. The summed E-state index contributed by atoms with van der Waals surface area (Å²) < 4.78 is 5.43. The smallest absolute Gasteiger partial charge is 0.137 e. The normalized spacial score (nSPS) is 16.2. The lowest BCUT2D eigenvalue weighted by atomic mass is 10.2. The van der Waals surface area contributed by atoms with Gasteiger partial charge in [0.15, 0.2) is 0 Å². The van der Waals surface area contributed by atoms with E-state index < -0.39 is 6.10 Å². The van der Waals surface area contributed by atoms with Crippen molar-refractivity contribution in [2.45, 2.75) is 25.0 Å². The van der Waals surface area contributed by atoms with Crippen LogP contribution >= 0.6 is 0 Å². The Morgan fingerprint density at radius 2 is 2.24 bits per heavy atom. The van der Waals surface area contributed by atoms with Crippen molar-refractivity contribution in [1.82, 2.24) is 5.32 Å². The number of rotatable bonds is 6. The van der Waals surface area contributed by atoms with E-state index in [1.807, 2.05) is 6.07 Å². The minimum atomic E-state index is -0.539. The zero-order chi connectivity index (χ0) is 12.1. The van der Waals surface area contributed by atoms with Gasteiger partial charge in [-0.05, 0) is 25.0 Å². The Balaban J connectivity index is 1.77. The van der Waals surface area contributed by atoms with Crippen molar-refractivity contribution < 1.29 is 9.84 Å². The van der Waals surface area contributed by atoms with Gasteiger partial charge in [-0.3, -0.25) is 0 Å². The molecule has 0 heterocycles. The van der Waals surface area contributed by atoms with Crippen LogP contribution in [0.3, 0.4) is 0 Å². The van der Waals surface area contributed by atoms with Crippen LogP contribution < -0.4 is 10.1 Å². The molecule has 90 valence electrons. The van der Waals surface area contributed by atoms with Gasteiger partial charge in [0.05, 0.1) is 5.56 Å². The number of nitrogens with zero attached hydrogens (tertiary/aromatic N) is 1. The minimum absolute atomic E-state index is 0.207. The molecule has 1 aliphatic carbocycles. The zero-order valence-electron chi connectivity index (χ0n) is 9.60. The number of para-hydroxylation sites is 1. The van der Waals surface area contributed by atoms with Crippen LogP contribution in [-0.2, 0) is 0 Å². The third-order valence-corrected chi connectivity index (χ3v) is 2.66. The monoisotopic (exact) mass is 232 g/mol. The fraction of sp³-hybridized carbons (Fsp3) is 0.462. The highest BCUT2D eigenvalue weighted by molar-refractivity contribution is 5.42. The highest BCUT2D eigenvalue weighted by Crippen LogP contribution is 2.19. The number of nitriles is 1. The molecule has 0 aromatic heterocycles. The fourth-order valence-electron chi connectivity index (χ4n) is 1.52. The molecule has 4 nitrogen and oxygen atoms in total. The summed E-state index contributed by atoms with van der Waals surface area (Å²) in [5.41, 5.74) is 0.495. The maximum atomic E-state index is 9.68. The van der Waals surface area contributed by atoms with Gasteiger partial charge in [0, 0.05) is 12.6 Å². The Kier molecular flexibility index (Phi) is 3.97. The summed E-state index contributed by atoms with van der Waals surface area (Å²) in [5, 5.41) is 21.8. The molecule has 17 heavy (non-hydrogen) atoms. The largest absolute Gasteiger partial charge is 0.489 e. The van der Waals surface area contributed by atoms with Crippen LogP contribution in [0.4, 0.5) is 0 Å². The maximum absolute atomic E-state index is 9.68. The third kappa shape index (κ3) is 3.74. The van der Waals surface area contributed by atoms with Gasteiger partial charge in [0.25, 0.3) is 0 Å². The number of benzene rings is 1. The number of aliphatic hydroxyl groups is 1. The van der Waals surface area contributed by atoms with Gasteiger partial charge in [-0.2, -0.15) is 5.26 Å². The SMILES string of the molecule is N#Cc1ccccc1OCC(O)CNC1CC1. The average molecular weight is 232 g/mol. The van der Waals surface area contributed by atoms with Gasteiger partial charge in [0.2, 0.25) is 0 Å². The molecule has 1 unspecified atom stereocenters. The van der Waals surface area contributed by atoms with E-state index in [-0.39, 0.29) is 6.61 Å². The molecule has 0 radical (unpaired) electrons. The second kappa shape index (κ2) is 5.67. The molecular weight excluding hydrogens is 216 g/mol. The van der Waals surface area contributed by atoms with Crippen LogP contribution in [0.5, 0.6) is 5.75 Å². The number of aliphatic hydroxyl groups excluding tert-OH is 1. The van der Waals surface area contributed by atoms with Crippen LogP contribution in [0.25, 0.3) is 0 Å². The molecule has 2 N–H and O–H groups in total. The summed E-state index contributed by atoms with van der Waals surface area (Å²) in [7, 11) is 0. The Bertz CT molecular complexity index is 410. The molecule has 4 heteroatoms. The van der Waals surface area contributed by atoms with Crippen LogP contribution in [0.2, 0.25) is 0 Å². The first-order valence-corrected chi connectivity index (χ1v) is 5.83. The lowest BCUT2D eigenvalue weighted by Gasteiger charge is -2.13. The highest BCUT2D eigenvalue weighted by Gasteiger charge is 2.21. The second-order valence-electron chi connectivity index (χ2n) is 4.26. The van der Waals surface area contributed by atoms with Gasteiger partial charge in [0.1, 0.15) is 24.5 Å². The predicted octanol–water partition coefficient (Wildman–Crippen LogP) is 1.05. The molecule has 1 saturated carbocycles. The lowest BCUT2D eigenvalue weighted by Crippen LogP contribution is -2.32. The van der Waals surface area contributed by atoms with E-state index in [4.69, 9.17) is 10.00 Å². The van der Waals surface area contributed by atoms with E-state index in [9.17, 15) is 5.11 Å². The van der Waals surface area contributed by atoms with E-state index in [1.54, 1.807) is 18.2 Å². The molecule has 0 spiro atoms. The Labute approximate surface area is 101 Å². The average Bonchev–Trinajstić information content (AvgIpc) is 3.18. The van der Waals surface area contributed by atoms with Crippen LogP contribution in [0, 0.1) is 11.3 Å². The van der Waals surface area contributed by atoms with E-state index in [2.05, 4.69) is 11.4 Å². The van der Waals surface area contributed by atoms with Crippen molar-refractivity contribution in [2.75, 3.05) is 13.2 Å². The Morgan fingerprint density at radius 3 is 2.94 bits per heavy atom. The van der Waals surface area contributed by atoms with Gasteiger partial charge < -0.3 is 15.2 Å². The molecule has 2 rings (SSSR count). The minimum Gasteiger partial charge on any atom is -0.489 e. The molecule has 0 bridgehead atoms. The first kappa shape index (κ1) is 11.9. The molecule has 0 saturated heterocycles. The van der Waals surface area contributed by atoms with E-state index in [0.29, 0.717) is 23.9 Å². The number of hydrogen-bond donors (Lipinski definition) is 2. The van der Waals surface area contributed by atoms with Crippen molar-refractivity contribution in [1.29, 1.82) is 5.26 Å². The van der Waals surface area contributed by atoms with E-state index in [1.165, 1.54) is 12.8 Å². The van der Waals surface area contributed by atoms with E-state index >= 15 is 0 Å². The Morgan fingerprint density at radius 1 is 1.47 bits per heavy atom. The second-order valence-corrected chi connectivity index (χ2v) is 4.26. The molecule has 1 atom stereocenters. The standard InChI is InChI=1S/C13H16N2O2/c14-7-10-3-1-2-4-13(10)17-9-12(16)8-15-11-5-6-11/h1-4,11-12,15-16H,5-6,8-9H2. The maximum Gasteiger partial charge on any atom is 0.137 e. The van der Waals surface area contributed by atoms with Gasteiger partial charge in [-0.1, -0.05) is 12.1 Å². The summed E-state index contributed by atoms with van der Waals surface area (Å²) in [6, 6.07) is 9.67. The number of hydrogen-bond acceptors (Lipinski definition) is 4. The van der Waals surface area contributed by atoms with Gasteiger partial charge in [-0.15, -0.1) is 0 Å². The summed E-state index contributed by atoms with van der Waals surface area (Å²) >= 11 is 0. The lowest BCUT2D eigenvalue weighted by molar-refractivity contribution is 0.106. The third-order valence-electron chi connectivity index (χ3n) is 2.66. The van der Waals surface area contributed by atoms with Crippen LogP contribution in [0.1, 0.15) is 18.4 Å². The van der Waals surface area contributed by atoms with Gasteiger partial charge >= 0.3 is 0 Å². The molecule has 1 fully saturated rings. The van der Waals surface area contributed by atoms with Crippen molar-refractivity contribution in [3.63, 3.8) is 0 Å². The topological polar surface area (TPSA) is 65.3 Å². The molecule has 1 aromatic carbocycles. The quantitative estimate of drug-likeness (QED) is 0.769. The Hall–Kier alpha value is -1.57. The molecular formula is C13H16N2O2. The summed E-state index contributed by atoms with van der Waals surface area (Å²) in [5.74, 6) is 0.528. The number of nitrogens with one attached hydrogen (secondary N) is 1. The summed E-state index contributed by atoms with van der Waals surface area (Å²) in [6.07, 6.45) is 1.86. The van der Waals surface area contributed by atoms with Crippen LogP contribution in [0.15, 0.2) is 24.3 Å². The first-order valence-electron chi connectivity index (χ1n) is 5.83. The summed E-state index contributed by atoms with van der Waals surface area (Å²) in [6.45, 7) is 0.748. The number of ether oxygens (including phenoxy) is 1. The summed E-state index contributed by atoms with van der Waals surface area (Å²) in [4.78, 5) is 0. The molecule has 1 aliphatic rings. The van der Waals surface area contributed by atoms with Crippen molar-refractivity contribution in [3.8, 4) is 11.8 Å². The van der Waals surface area contributed by atoms with Crippen molar-refractivity contribution in [2.24, 2.45) is 0 Å². The molecule has 0 aliphatic heterocycles. The zero-order valence-corrected chi connectivity index (χ0v) is 9.60. The van der Waals surface area contributed by atoms with Crippen molar-refractivity contribution >= 4 is 0 Å².